The van der Waals surface area contributed by atoms with E-state index in [-0.39, 0.29) is 5.91 Å². The molecular weight excluding hydrogens is 398 g/mol. The van der Waals surface area contributed by atoms with Gasteiger partial charge in [0.15, 0.2) is 5.16 Å². The molecule has 1 amide bonds. The van der Waals surface area contributed by atoms with E-state index in [1.807, 2.05) is 9.47 Å². The normalized spacial score (nSPS) is 14.4. The van der Waals surface area contributed by atoms with E-state index in [0.717, 1.165) is 29.9 Å². The highest BCUT2D eigenvalue weighted by molar-refractivity contribution is 7.99. The molecule has 1 aromatic carbocycles. The van der Waals surface area contributed by atoms with Crippen LogP contribution >= 0.6 is 11.8 Å². The van der Waals surface area contributed by atoms with E-state index < -0.39 is 0 Å². The molecule has 1 fully saturated rings. The van der Waals surface area contributed by atoms with Gasteiger partial charge < -0.3 is 9.80 Å². The molecule has 0 N–H and O–H groups in total. The summed E-state index contributed by atoms with van der Waals surface area (Å²) < 4.78 is 1.92. The predicted molar refractivity (Wildman–Crippen MR) is 117 cm³/mol. The van der Waals surface area contributed by atoms with Crippen molar-refractivity contribution in [1.29, 1.82) is 0 Å². The number of carbonyl (C=O) groups excluding carboxylic acids is 1. The molecule has 30 heavy (non-hydrogen) atoms. The Morgan fingerprint density at radius 3 is 2.43 bits per heavy atom. The molecule has 2 aromatic heterocycles. The maximum absolute atomic E-state index is 12.7. The fourth-order valence-corrected chi connectivity index (χ4v) is 4.18. The molecule has 156 valence electrons. The summed E-state index contributed by atoms with van der Waals surface area (Å²) in [5.74, 6) is 1.65. The number of nitrogens with zero attached hydrogens (tertiary/aromatic N) is 7. The molecule has 3 aromatic rings. The molecule has 1 aliphatic heterocycles. The van der Waals surface area contributed by atoms with Gasteiger partial charge in [0.05, 0.1) is 5.75 Å². The molecule has 1 aliphatic rings. The topological polar surface area (TPSA) is 80.0 Å². The highest BCUT2D eigenvalue weighted by Gasteiger charge is 2.23. The average molecular weight is 424 g/mol. The predicted octanol–water partition coefficient (Wildman–Crippen LogP) is 2.62. The largest absolute Gasteiger partial charge is 0.338 e. The van der Waals surface area contributed by atoms with Gasteiger partial charge in [-0.05, 0) is 29.7 Å². The van der Waals surface area contributed by atoms with Crippen molar-refractivity contribution in [3.05, 3.63) is 54.6 Å². The van der Waals surface area contributed by atoms with Crippen LogP contribution < -0.4 is 4.90 Å². The zero-order chi connectivity index (χ0) is 20.9. The van der Waals surface area contributed by atoms with Crippen LogP contribution in [0.1, 0.15) is 25.3 Å². The van der Waals surface area contributed by atoms with Gasteiger partial charge in [0.25, 0.3) is 0 Å². The van der Waals surface area contributed by atoms with Crippen LogP contribution in [-0.4, -0.2) is 67.5 Å². The molecule has 1 saturated heterocycles. The van der Waals surface area contributed by atoms with Gasteiger partial charge >= 0.3 is 0 Å². The monoisotopic (exact) mass is 423 g/mol. The van der Waals surface area contributed by atoms with Crippen molar-refractivity contribution in [2.45, 2.75) is 24.9 Å². The maximum atomic E-state index is 12.7. The Hall–Kier alpha value is -2.94. The molecule has 0 spiro atoms. The highest BCUT2D eigenvalue weighted by Crippen LogP contribution is 2.22. The summed E-state index contributed by atoms with van der Waals surface area (Å²) in [6.07, 6.45) is 5.17. The van der Waals surface area contributed by atoms with Crippen LogP contribution in [0.5, 0.6) is 0 Å². The zero-order valence-electron chi connectivity index (χ0n) is 17.2. The summed E-state index contributed by atoms with van der Waals surface area (Å²) in [7, 11) is 0. The lowest BCUT2D eigenvalue weighted by molar-refractivity contribution is -0.128. The molecule has 4 rings (SSSR count). The Balaban J connectivity index is 1.32. The SMILES string of the molecule is CC(C)c1ccc(-n2cnnc2SCC(=O)N2CCN(c3ncccn3)CC2)cc1. The average Bonchev–Trinajstić information content (AvgIpc) is 3.27. The second kappa shape index (κ2) is 9.25. The third-order valence-electron chi connectivity index (χ3n) is 5.15. The summed E-state index contributed by atoms with van der Waals surface area (Å²) in [5, 5.41) is 8.96. The first kappa shape index (κ1) is 20.3. The minimum absolute atomic E-state index is 0.110. The lowest BCUT2D eigenvalue weighted by Crippen LogP contribution is -2.49. The molecule has 0 bridgehead atoms. The Kier molecular flexibility index (Phi) is 6.27. The lowest BCUT2D eigenvalue weighted by Gasteiger charge is -2.34. The number of aromatic nitrogens is 5. The van der Waals surface area contributed by atoms with Crippen molar-refractivity contribution in [3.8, 4) is 5.69 Å². The lowest BCUT2D eigenvalue weighted by atomic mass is 10.0. The van der Waals surface area contributed by atoms with Crippen LogP contribution in [0.25, 0.3) is 5.69 Å². The quantitative estimate of drug-likeness (QED) is 0.564. The number of anilines is 1. The first-order chi connectivity index (χ1) is 14.6. The third kappa shape index (κ3) is 4.62. The van der Waals surface area contributed by atoms with Crippen LogP contribution in [-0.2, 0) is 4.79 Å². The Morgan fingerprint density at radius 2 is 1.77 bits per heavy atom. The number of rotatable bonds is 6. The van der Waals surface area contributed by atoms with Gasteiger partial charge in [0, 0.05) is 44.3 Å². The highest BCUT2D eigenvalue weighted by atomic mass is 32.2. The van der Waals surface area contributed by atoms with Gasteiger partial charge in [0.2, 0.25) is 11.9 Å². The van der Waals surface area contributed by atoms with Gasteiger partial charge in [-0.15, -0.1) is 10.2 Å². The van der Waals surface area contributed by atoms with E-state index in [1.165, 1.54) is 17.3 Å². The fraction of sp³-hybridized carbons (Fsp3) is 0.381. The zero-order valence-corrected chi connectivity index (χ0v) is 18.0. The van der Waals surface area contributed by atoms with Gasteiger partial charge in [-0.2, -0.15) is 0 Å². The first-order valence-corrected chi connectivity index (χ1v) is 11.0. The minimum Gasteiger partial charge on any atom is -0.338 e. The van der Waals surface area contributed by atoms with E-state index >= 15 is 0 Å². The molecule has 9 heteroatoms. The number of hydrogen-bond acceptors (Lipinski definition) is 7. The number of hydrogen-bond donors (Lipinski definition) is 0. The van der Waals surface area contributed by atoms with E-state index in [9.17, 15) is 4.79 Å². The summed E-state index contributed by atoms with van der Waals surface area (Å²) in [6, 6.07) is 10.2. The van der Waals surface area contributed by atoms with Crippen LogP contribution in [0.3, 0.4) is 0 Å². The summed E-state index contributed by atoms with van der Waals surface area (Å²) in [4.78, 5) is 25.3. The second-order valence-corrected chi connectivity index (χ2v) is 8.38. The molecule has 0 radical (unpaired) electrons. The van der Waals surface area contributed by atoms with Gasteiger partial charge in [-0.3, -0.25) is 9.36 Å². The molecule has 3 heterocycles. The Morgan fingerprint density at radius 1 is 1.07 bits per heavy atom. The summed E-state index contributed by atoms with van der Waals surface area (Å²) in [5.41, 5.74) is 2.28. The second-order valence-electron chi connectivity index (χ2n) is 7.44. The van der Waals surface area contributed by atoms with Crippen LogP contribution in [0.15, 0.2) is 54.2 Å². The molecule has 0 aliphatic carbocycles. The number of benzene rings is 1. The molecular formula is C21H25N7OS. The Bertz CT molecular complexity index is 967. The molecule has 0 saturated carbocycles. The Labute approximate surface area is 180 Å². The van der Waals surface area contributed by atoms with Crippen LogP contribution in [0, 0.1) is 0 Å². The summed E-state index contributed by atoms with van der Waals surface area (Å²) >= 11 is 1.42. The van der Waals surface area contributed by atoms with Crippen molar-refractivity contribution in [2.75, 3.05) is 36.8 Å². The van der Waals surface area contributed by atoms with E-state index in [2.05, 4.69) is 63.2 Å². The third-order valence-corrected chi connectivity index (χ3v) is 6.07. The van der Waals surface area contributed by atoms with Crippen LogP contribution in [0.4, 0.5) is 5.95 Å². The van der Waals surface area contributed by atoms with E-state index in [4.69, 9.17) is 0 Å². The standard InChI is InChI=1S/C21H25N7OS/c1-16(2)17-4-6-18(7-5-17)28-15-24-25-21(28)30-14-19(29)26-10-12-27(13-11-26)20-22-8-3-9-23-20/h3-9,15-16H,10-14H2,1-2H3. The molecule has 8 nitrogen and oxygen atoms in total. The number of amides is 1. The summed E-state index contributed by atoms with van der Waals surface area (Å²) in [6.45, 7) is 7.15. The fourth-order valence-electron chi connectivity index (χ4n) is 3.35. The first-order valence-electron chi connectivity index (χ1n) is 10.0. The van der Waals surface area contributed by atoms with Gasteiger partial charge in [-0.25, -0.2) is 9.97 Å². The number of thioether (sulfide) groups is 1. The van der Waals surface area contributed by atoms with Crippen molar-refractivity contribution in [2.24, 2.45) is 0 Å². The minimum atomic E-state index is 0.110. The number of piperazine rings is 1. The van der Waals surface area contributed by atoms with E-state index in [1.54, 1.807) is 24.8 Å². The van der Waals surface area contributed by atoms with Crippen LogP contribution in [0.2, 0.25) is 0 Å². The molecule has 0 unspecified atom stereocenters. The van der Waals surface area contributed by atoms with Crippen molar-refractivity contribution in [1.82, 2.24) is 29.6 Å². The van der Waals surface area contributed by atoms with Gasteiger partial charge in [0.1, 0.15) is 6.33 Å². The van der Waals surface area contributed by atoms with Crippen molar-refractivity contribution < 1.29 is 4.79 Å². The van der Waals surface area contributed by atoms with Gasteiger partial charge in [-0.1, -0.05) is 37.7 Å². The maximum Gasteiger partial charge on any atom is 0.233 e. The van der Waals surface area contributed by atoms with E-state index in [0.29, 0.717) is 24.8 Å². The number of carbonyl (C=O) groups is 1. The van der Waals surface area contributed by atoms with Crippen molar-refractivity contribution in [3.63, 3.8) is 0 Å². The molecule has 0 atom stereocenters. The smallest absolute Gasteiger partial charge is 0.233 e. The van der Waals surface area contributed by atoms with Crippen molar-refractivity contribution >= 4 is 23.6 Å².